The largest absolute Gasteiger partial charge is 0.355 e. The summed E-state index contributed by atoms with van der Waals surface area (Å²) in [6.07, 6.45) is 0.799. The second-order valence-electron chi connectivity index (χ2n) is 6.10. The van der Waals surface area contributed by atoms with Gasteiger partial charge in [0.1, 0.15) is 4.83 Å². The Balaban J connectivity index is 1.61. The minimum Gasteiger partial charge on any atom is -0.355 e. The van der Waals surface area contributed by atoms with Crippen molar-refractivity contribution in [3.8, 4) is 0 Å². The van der Waals surface area contributed by atoms with Gasteiger partial charge < -0.3 is 5.32 Å². The van der Waals surface area contributed by atoms with Gasteiger partial charge in [0, 0.05) is 18.5 Å². The summed E-state index contributed by atoms with van der Waals surface area (Å²) in [6, 6.07) is 10.0. The number of thioether (sulfide) groups is 1. The van der Waals surface area contributed by atoms with Gasteiger partial charge in [0.2, 0.25) is 5.91 Å². The Morgan fingerprint density at radius 3 is 2.73 bits per heavy atom. The van der Waals surface area contributed by atoms with E-state index in [-0.39, 0.29) is 17.2 Å². The number of amides is 1. The molecule has 2 aromatic heterocycles. The Morgan fingerprint density at radius 1 is 1.27 bits per heavy atom. The second kappa shape index (κ2) is 8.05. The summed E-state index contributed by atoms with van der Waals surface area (Å²) in [7, 11) is 1.71. The van der Waals surface area contributed by atoms with Gasteiger partial charge in [-0.2, -0.15) is 0 Å². The summed E-state index contributed by atoms with van der Waals surface area (Å²) in [6.45, 7) is 4.54. The lowest BCUT2D eigenvalue weighted by Crippen LogP contribution is -2.28. The second-order valence-corrected chi connectivity index (χ2v) is 8.24. The minimum atomic E-state index is -0.0567. The van der Waals surface area contributed by atoms with Gasteiger partial charge in [0.15, 0.2) is 5.16 Å². The SMILES string of the molecule is Cc1sc2nc(SCC(=O)NCCc3ccccc3)n(C)c(=O)c2c1C. The molecule has 0 spiro atoms. The van der Waals surface area contributed by atoms with Crippen molar-refractivity contribution in [2.24, 2.45) is 7.05 Å². The van der Waals surface area contributed by atoms with Gasteiger partial charge in [0.05, 0.1) is 11.1 Å². The number of nitrogens with one attached hydrogen (secondary N) is 1. The molecule has 0 fully saturated rings. The highest BCUT2D eigenvalue weighted by atomic mass is 32.2. The molecule has 0 aliphatic carbocycles. The number of nitrogens with zero attached hydrogens (tertiary/aromatic N) is 2. The van der Waals surface area contributed by atoms with Crippen molar-refractivity contribution >= 4 is 39.2 Å². The molecule has 3 rings (SSSR count). The highest BCUT2D eigenvalue weighted by molar-refractivity contribution is 7.99. The maximum Gasteiger partial charge on any atom is 0.262 e. The number of rotatable bonds is 6. The lowest BCUT2D eigenvalue weighted by Gasteiger charge is -2.08. The topological polar surface area (TPSA) is 64.0 Å². The number of thiophene rings is 1. The van der Waals surface area contributed by atoms with Crippen LogP contribution in [0.2, 0.25) is 0 Å². The molecule has 0 radical (unpaired) electrons. The normalized spacial score (nSPS) is 11.0. The minimum absolute atomic E-state index is 0.0520. The summed E-state index contributed by atoms with van der Waals surface area (Å²) in [4.78, 5) is 31.1. The summed E-state index contributed by atoms with van der Waals surface area (Å²) in [5.41, 5.74) is 2.13. The third-order valence-electron chi connectivity index (χ3n) is 4.28. The predicted molar refractivity (Wildman–Crippen MR) is 108 cm³/mol. The van der Waals surface area contributed by atoms with Crippen LogP contribution in [0.4, 0.5) is 0 Å². The monoisotopic (exact) mass is 387 g/mol. The van der Waals surface area contributed by atoms with Gasteiger partial charge in [-0.1, -0.05) is 42.1 Å². The van der Waals surface area contributed by atoms with Gasteiger partial charge in [-0.05, 0) is 31.4 Å². The van der Waals surface area contributed by atoms with Crippen molar-refractivity contribution < 1.29 is 4.79 Å². The average Bonchev–Trinajstić information content (AvgIpc) is 2.92. The number of fused-ring (bicyclic) bond motifs is 1. The van der Waals surface area contributed by atoms with Gasteiger partial charge in [-0.25, -0.2) is 4.98 Å². The first-order valence-electron chi connectivity index (χ1n) is 8.37. The Morgan fingerprint density at radius 2 is 2.00 bits per heavy atom. The summed E-state index contributed by atoms with van der Waals surface area (Å²) in [5, 5.41) is 4.17. The summed E-state index contributed by atoms with van der Waals surface area (Å²) in [5.74, 6) is 0.183. The fourth-order valence-corrected chi connectivity index (χ4v) is 4.53. The molecule has 0 bridgehead atoms. The van der Waals surface area contributed by atoms with Crippen molar-refractivity contribution in [3.63, 3.8) is 0 Å². The Labute approximate surface area is 160 Å². The molecule has 1 amide bonds. The molecule has 3 aromatic rings. The van der Waals surface area contributed by atoms with E-state index < -0.39 is 0 Å². The summed E-state index contributed by atoms with van der Waals surface area (Å²) >= 11 is 2.82. The molecule has 0 aliphatic heterocycles. The third kappa shape index (κ3) is 3.99. The summed E-state index contributed by atoms with van der Waals surface area (Å²) < 4.78 is 1.53. The molecule has 0 atom stereocenters. The third-order valence-corrected chi connectivity index (χ3v) is 6.41. The molecule has 1 N–H and O–H groups in total. The number of carbonyl (C=O) groups excluding carboxylic acids is 1. The standard InChI is InChI=1S/C19H21N3O2S2/c1-12-13(2)26-17-16(12)18(24)22(3)19(21-17)25-11-15(23)20-10-9-14-7-5-4-6-8-14/h4-8H,9-11H2,1-3H3,(H,20,23). The molecule has 0 unspecified atom stereocenters. The van der Waals surface area contributed by atoms with E-state index in [1.54, 1.807) is 7.05 Å². The lowest BCUT2D eigenvalue weighted by atomic mass is 10.1. The molecule has 0 saturated carbocycles. The van der Waals surface area contributed by atoms with E-state index in [1.165, 1.54) is 33.2 Å². The molecule has 2 heterocycles. The number of benzene rings is 1. The number of hydrogen-bond donors (Lipinski definition) is 1. The molecule has 26 heavy (non-hydrogen) atoms. The van der Waals surface area contributed by atoms with E-state index in [2.05, 4.69) is 10.3 Å². The van der Waals surface area contributed by atoms with Crippen LogP contribution in [0.15, 0.2) is 40.3 Å². The van der Waals surface area contributed by atoms with Crippen LogP contribution in [-0.4, -0.2) is 27.8 Å². The van der Waals surface area contributed by atoms with Crippen molar-refractivity contribution in [1.29, 1.82) is 0 Å². The van der Waals surface area contributed by atoms with Crippen LogP contribution >= 0.6 is 23.1 Å². The van der Waals surface area contributed by atoms with Gasteiger partial charge >= 0.3 is 0 Å². The first-order chi connectivity index (χ1) is 12.5. The van der Waals surface area contributed by atoms with Crippen LogP contribution in [0.5, 0.6) is 0 Å². The van der Waals surface area contributed by atoms with Gasteiger partial charge in [0.25, 0.3) is 5.56 Å². The van der Waals surface area contributed by atoms with Crippen molar-refractivity contribution in [2.75, 3.05) is 12.3 Å². The molecular weight excluding hydrogens is 366 g/mol. The maximum absolute atomic E-state index is 12.6. The van der Waals surface area contributed by atoms with Crippen molar-refractivity contribution in [2.45, 2.75) is 25.4 Å². The van der Waals surface area contributed by atoms with Crippen LogP contribution in [0.25, 0.3) is 10.2 Å². The van der Waals surface area contributed by atoms with E-state index in [0.29, 0.717) is 17.1 Å². The Kier molecular flexibility index (Phi) is 5.78. The van der Waals surface area contributed by atoms with Gasteiger partial charge in [-0.3, -0.25) is 14.2 Å². The molecule has 1 aromatic carbocycles. The van der Waals surface area contributed by atoms with E-state index >= 15 is 0 Å². The first-order valence-corrected chi connectivity index (χ1v) is 10.2. The average molecular weight is 388 g/mol. The number of aromatic nitrogens is 2. The Bertz CT molecular complexity index is 993. The van der Waals surface area contributed by atoms with Gasteiger partial charge in [-0.15, -0.1) is 11.3 Å². The van der Waals surface area contributed by atoms with Crippen LogP contribution in [-0.2, 0) is 18.3 Å². The molecular formula is C19H21N3O2S2. The van der Waals surface area contributed by atoms with Crippen molar-refractivity contribution in [3.05, 3.63) is 56.7 Å². The number of hydrogen-bond acceptors (Lipinski definition) is 5. The first kappa shape index (κ1) is 18.7. The zero-order valence-electron chi connectivity index (χ0n) is 15.0. The quantitative estimate of drug-likeness (QED) is 0.522. The van der Waals surface area contributed by atoms with Crippen molar-refractivity contribution in [1.82, 2.24) is 14.9 Å². The Hall–Kier alpha value is -2.12. The highest BCUT2D eigenvalue weighted by Gasteiger charge is 2.15. The van der Waals surface area contributed by atoms with Crippen LogP contribution < -0.4 is 10.9 Å². The maximum atomic E-state index is 12.6. The van der Waals surface area contributed by atoms with E-state index in [4.69, 9.17) is 0 Å². The zero-order chi connectivity index (χ0) is 18.7. The molecule has 0 saturated heterocycles. The lowest BCUT2D eigenvalue weighted by molar-refractivity contribution is -0.118. The number of aryl methyl sites for hydroxylation is 2. The molecule has 7 heteroatoms. The van der Waals surface area contributed by atoms with E-state index in [0.717, 1.165) is 21.7 Å². The molecule has 136 valence electrons. The van der Waals surface area contributed by atoms with Crippen LogP contribution in [0.1, 0.15) is 16.0 Å². The molecule has 0 aliphatic rings. The van der Waals surface area contributed by atoms with Crippen LogP contribution in [0, 0.1) is 13.8 Å². The zero-order valence-corrected chi connectivity index (χ0v) is 16.7. The van der Waals surface area contributed by atoms with Crippen LogP contribution in [0.3, 0.4) is 0 Å². The fraction of sp³-hybridized carbons (Fsp3) is 0.316. The molecule has 5 nitrogen and oxygen atoms in total. The number of carbonyl (C=O) groups is 1. The smallest absolute Gasteiger partial charge is 0.262 e. The predicted octanol–water partition coefficient (Wildman–Crippen LogP) is 3.06. The van der Waals surface area contributed by atoms with E-state index in [1.807, 2.05) is 44.2 Å². The fourth-order valence-electron chi connectivity index (χ4n) is 2.66. The highest BCUT2D eigenvalue weighted by Crippen LogP contribution is 2.27. The van der Waals surface area contributed by atoms with E-state index in [9.17, 15) is 9.59 Å².